The predicted octanol–water partition coefficient (Wildman–Crippen LogP) is 2.56. The number of anilines is 1. The van der Waals surface area contributed by atoms with Crippen molar-refractivity contribution in [1.29, 1.82) is 0 Å². The topological polar surface area (TPSA) is 141 Å². The molecular weight excluding hydrogens is 430 g/mol. The van der Waals surface area contributed by atoms with Crippen molar-refractivity contribution in [3.8, 4) is 5.75 Å². The minimum Gasteiger partial charge on any atom is -0.497 e. The minimum atomic E-state index is -0.810. The van der Waals surface area contributed by atoms with Crippen LogP contribution in [0.4, 0.5) is 5.69 Å². The van der Waals surface area contributed by atoms with Gasteiger partial charge in [-0.15, -0.1) is 0 Å². The molecule has 0 unspecified atom stereocenters. The summed E-state index contributed by atoms with van der Waals surface area (Å²) in [6.07, 6.45) is 1.13. The Bertz CT molecular complexity index is 966. The standard InChI is InChI=1S/C22H31N5O4S/c1-6-7-15(20(29)25-22(2,3)4)27(12-13-8-10-14(31-5)11-9-13)21(30)18-16(23)17(19(24)28)26-32-18/h8-11,15H,6-7,12,23H2,1-5H3,(H2,24,28)(H,25,29)/t15-/m0/s1. The second kappa shape index (κ2) is 10.4. The molecule has 1 aromatic heterocycles. The van der Waals surface area contributed by atoms with Gasteiger partial charge >= 0.3 is 0 Å². The van der Waals surface area contributed by atoms with Gasteiger partial charge in [0.1, 0.15) is 16.7 Å². The molecule has 0 saturated carbocycles. The highest BCUT2D eigenvalue weighted by Gasteiger charge is 2.34. The van der Waals surface area contributed by atoms with Gasteiger partial charge in [0.05, 0.1) is 12.8 Å². The number of ether oxygens (including phenoxy) is 1. The lowest BCUT2D eigenvalue weighted by Gasteiger charge is -2.33. The van der Waals surface area contributed by atoms with Crippen LogP contribution in [-0.2, 0) is 11.3 Å². The van der Waals surface area contributed by atoms with Crippen molar-refractivity contribution in [1.82, 2.24) is 14.6 Å². The molecule has 0 aliphatic rings. The third kappa shape index (κ3) is 6.19. The largest absolute Gasteiger partial charge is 0.497 e. The number of methoxy groups -OCH3 is 1. The fourth-order valence-electron chi connectivity index (χ4n) is 3.17. The van der Waals surface area contributed by atoms with Gasteiger partial charge in [0.15, 0.2) is 5.69 Å². The molecule has 0 fully saturated rings. The number of nitrogen functional groups attached to an aromatic ring is 1. The molecule has 0 bridgehead atoms. The molecule has 2 rings (SSSR count). The number of primary amides is 1. The number of hydrogen-bond donors (Lipinski definition) is 3. The van der Waals surface area contributed by atoms with Crippen molar-refractivity contribution in [2.24, 2.45) is 5.73 Å². The summed E-state index contributed by atoms with van der Waals surface area (Å²) in [6, 6.07) is 6.48. The van der Waals surface area contributed by atoms with E-state index in [4.69, 9.17) is 16.2 Å². The Morgan fingerprint density at radius 3 is 2.31 bits per heavy atom. The second-order valence-corrected chi connectivity index (χ2v) is 9.24. The smallest absolute Gasteiger partial charge is 0.270 e. The zero-order valence-corrected chi connectivity index (χ0v) is 19.9. The first kappa shape index (κ1) is 25.1. The number of hydrogen-bond acceptors (Lipinski definition) is 7. The molecule has 0 aliphatic carbocycles. The number of nitrogens with one attached hydrogen (secondary N) is 1. The normalized spacial score (nSPS) is 12.2. The van der Waals surface area contributed by atoms with Crippen LogP contribution in [0.25, 0.3) is 0 Å². The van der Waals surface area contributed by atoms with E-state index in [9.17, 15) is 14.4 Å². The monoisotopic (exact) mass is 461 g/mol. The number of carbonyl (C=O) groups is 3. The molecule has 0 aliphatic heterocycles. The number of benzene rings is 1. The fraction of sp³-hybridized carbons (Fsp3) is 0.455. The summed E-state index contributed by atoms with van der Waals surface area (Å²) in [5.41, 5.74) is 11.4. The van der Waals surface area contributed by atoms with Gasteiger partial charge in [-0.1, -0.05) is 25.5 Å². The summed E-state index contributed by atoms with van der Waals surface area (Å²) < 4.78 is 9.13. The number of nitrogens with two attached hydrogens (primary N) is 2. The summed E-state index contributed by atoms with van der Waals surface area (Å²) in [6.45, 7) is 7.74. The predicted molar refractivity (Wildman–Crippen MR) is 125 cm³/mol. The maximum absolute atomic E-state index is 13.6. The van der Waals surface area contributed by atoms with E-state index in [0.717, 1.165) is 17.1 Å². The summed E-state index contributed by atoms with van der Waals surface area (Å²) in [5, 5.41) is 2.96. The van der Waals surface area contributed by atoms with Crippen LogP contribution in [0.15, 0.2) is 24.3 Å². The third-order valence-electron chi connectivity index (χ3n) is 4.67. The molecule has 9 nitrogen and oxygen atoms in total. The highest BCUT2D eigenvalue weighted by Crippen LogP contribution is 2.26. The SMILES string of the molecule is CCC[C@@H](C(=O)NC(C)(C)C)N(Cc1ccc(OC)cc1)C(=O)c1snc(C(N)=O)c1N. The van der Waals surface area contributed by atoms with Crippen LogP contribution in [0, 0.1) is 0 Å². The zero-order chi connectivity index (χ0) is 24.1. The van der Waals surface area contributed by atoms with E-state index >= 15 is 0 Å². The molecule has 1 heterocycles. The molecule has 1 atom stereocenters. The summed E-state index contributed by atoms with van der Waals surface area (Å²) >= 11 is 0.799. The molecule has 0 saturated heterocycles. The van der Waals surface area contributed by atoms with Crippen LogP contribution in [0.2, 0.25) is 0 Å². The molecule has 32 heavy (non-hydrogen) atoms. The number of carbonyl (C=O) groups excluding carboxylic acids is 3. The Hall–Kier alpha value is -3.14. The van der Waals surface area contributed by atoms with Crippen LogP contribution in [0.1, 0.15) is 66.3 Å². The Kier molecular flexibility index (Phi) is 8.20. The number of amides is 3. The van der Waals surface area contributed by atoms with Crippen LogP contribution >= 0.6 is 11.5 Å². The van der Waals surface area contributed by atoms with Crippen LogP contribution in [0.5, 0.6) is 5.75 Å². The summed E-state index contributed by atoms with van der Waals surface area (Å²) in [4.78, 5) is 39.9. The first-order valence-corrected chi connectivity index (χ1v) is 11.1. The molecule has 2 aromatic rings. The van der Waals surface area contributed by atoms with Gasteiger partial charge in [-0.25, -0.2) is 0 Å². The van der Waals surface area contributed by atoms with E-state index in [1.54, 1.807) is 19.2 Å². The van der Waals surface area contributed by atoms with Gasteiger partial charge in [0.25, 0.3) is 11.8 Å². The first-order valence-electron chi connectivity index (χ1n) is 10.3. The average molecular weight is 462 g/mol. The molecular formula is C22H31N5O4S. The van der Waals surface area contributed by atoms with Gasteiger partial charge in [0.2, 0.25) is 5.91 Å². The maximum Gasteiger partial charge on any atom is 0.270 e. The van der Waals surface area contributed by atoms with Crippen molar-refractivity contribution in [2.75, 3.05) is 12.8 Å². The molecule has 0 spiro atoms. The summed E-state index contributed by atoms with van der Waals surface area (Å²) in [7, 11) is 1.57. The number of aromatic nitrogens is 1. The van der Waals surface area contributed by atoms with E-state index in [-0.39, 0.29) is 28.7 Å². The van der Waals surface area contributed by atoms with E-state index in [0.29, 0.717) is 18.6 Å². The fourth-order valence-corrected chi connectivity index (χ4v) is 3.93. The van der Waals surface area contributed by atoms with E-state index < -0.39 is 23.4 Å². The van der Waals surface area contributed by atoms with Gasteiger partial charge < -0.3 is 26.4 Å². The Morgan fingerprint density at radius 2 is 1.84 bits per heavy atom. The lowest BCUT2D eigenvalue weighted by Crippen LogP contribution is -2.53. The zero-order valence-electron chi connectivity index (χ0n) is 19.1. The lowest BCUT2D eigenvalue weighted by molar-refractivity contribution is -0.127. The quantitative estimate of drug-likeness (QED) is 0.524. The van der Waals surface area contributed by atoms with Crippen molar-refractivity contribution >= 4 is 34.9 Å². The molecule has 174 valence electrons. The van der Waals surface area contributed by atoms with Crippen molar-refractivity contribution in [2.45, 2.75) is 58.7 Å². The van der Waals surface area contributed by atoms with Crippen molar-refractivity contribution in [3.05, 3.63) is 40.4 Å². The Balaban J connectivity index is 2.49. The van der Waals surface area contributed by atoms with Crippen LogP contribution in [0.3, 0.4) is 0 Å². The highest BCUT2D eigenvalue weighted by atomic mass is 32.1. The molecule has 3 amide bonds. The first-order chi connectivity index (χ1) is 15.0. The molecule has 10 heteroatoms. The van der Waals surface area contributed by atoms with Crippen LogP contribution in [-0.4, -0.2) is 45.7 Å². The van der Waals surface area contributed by atoms with Gasteiger partial charge in [-0.3, -0.25) is 14.4 Å². The van der Waals surface area contributed by atoms with E-state index in [1.165, 1.54) is 4.90 Å². The number of nitrogens with zero attached hydrogens (tertiary/aromatic N) is 2. The second-order valence-electron chi connectivity index (χ2n) is 8.46. The lowest BCUT2D eigenvalue weighted by atomic mass is 10.0. The third-order valence-corrected chi connectivity index (χ3v) is 5.52. The van der Waals surface area contributed by atoms with Gasteiger partial charge in [-0.05, 0) is 56.4 Å². The summed E-state index contributed by atoms with van der Waals surface area (Å²) in [5.74, 6) is -0.875. The average Bonchev–Trinajstić information content (AvgIpc) is 3.10. The molecule has 5 N–H and O–H groups in total. The van der Waals surface area contributed by atoms with Gasteiger partial charge in [-0.2, -0.15) is 4.37 Å². The minimum absolute atomic E-state index is 0.0706. The highest BCUT2D eigenvalue weighted by molar-refractivity contribution is 7.09. The van der Waals surface area contributed by atoms with Crippen molar-refractivity contribution < 1.29 is 19.1 Å². The number of rotatable bonds is 9. The van der Waals surface area contributed by atoms with Gasteiger partial charge in [0, 0.05) is 12.1 Å². The van der Waals surface area contributed by atoms with Crippen LogP contribution < -0.4 is 21.5 Å². The van der Waals surface area contributed by atoms with E-state index in [1.807, 2.05) is 39.8 Å². The van der Waals surface area contributed by atoms with E-state index in [2.05, 4.69) is 9.69 Å². The molecule has 1 aromatic carbocycles. The maximum atomic E-state index is 13.6. The molecule has 0 radical (unpaired) electrons. The Labute approximate surface area is 192 Å². The Morgan fingerprint density at radius 1 is 1.22 bits per heavy atom. The van der Waals surface area contributed by atoms with Crippen molar-refractivity contribution in [3.63, 3.8) is 0 Å².